The third-order valence-corrected chi connectivity index (χ3v) is 4.78. The molecule has 0 saturated heterocycles. The van der Waals surface area contributed by atoms with Gasteiger partial charge in [0.2, 0.25) is 11.2 Å². The van der Waals surface area contributed by atoms with Crippen LogP contribution in [0, 0.1) is 0 Å². The van der Waals surface area contributed by atoms with Crippen molar-refractivity contribution < 1.29 is 37.6 Å². The molecule has 0 unspecified atom stereocenters. The van der Waals surface area contributed by atoms with Crippen LogP contribution in [0.2, 0.25) is 0 Å². The Bertz CT molecular complexity index is 1120. The molecule has 0 aliphatic rings. The summed E-state index contributed by atoms with van der Waals surface area (Å²) in [5.74, 6) is 1.76. The highest BCUT2D eigenvalue weighted by Crippen LogP contribution is 2.37. The van der Waals surface area contributed by atoms with E-state index < -0.39 is 0 Å². The average Bonchev–Trinajstić information content (AvgIpc) is 2.86. The van der Waals surface area contributed by atoms with Crippen LogP contribution in [0.25, 0.3) is 22.3 Å². The Morgan fingerprint density at radius 1 is 0.794 bits per heavy atom. The Kier molecular flexibility index (Phi) is 9.57. The van der Waals surface area contributed by atoms with Gasteiger partial charge in [0.25, 0.3) is 0 Å². The molecule has 0 radical (unpaired) electrons. The van der Waals surface area contributed by atoms with Gasteiger partial charge in [0.05, 0.1) is 12.0 Å². The summed E-state index contributed by atoms with van der Waals surface area (Å²) in [6.07, 6.45) is 1.92. The van der Waals surface area contributed by atoms with Crippen molar-refractivity contribution in [2.24, 2.45) is 0 Å². The van der Waals surface area contributed by atoms with Gasteiger partial charge in [0.15, 0.2) is 37.6 Å². The summed E-state index contributed by atoms with van der Waals surface area (Å²) in [5.41, 5.74) is 0.553. The molecule has 1 aromatic heterocycles. The van der Waals surface area contributed by atoms with Crippen molar-refractivity contribution in [2.75, 3.05) is 48.3 Å². The first-order valence-corrected chi connectivity index (χ1v) is 10.9. The molecule has 0 aliphatic carbocycles. The van der Waals surface area contributed by atoms with E-state index in [4.69, 9.17) is 37.6 Å². The Labute approximate surface area is 198 Å². The maximum atomic E-state index is 13.3. The molecule has 0 aliphatic heterocycles. The second kappa shape index (κ2) is 12.8. The molecule has 34 heavy (non-hydrogen) atoms. The van der Waals surface area contributed by atoms with E-state index in [0.29, 0.717) is 40.4 Å². The van der Waals surface area contributed by atoms with Crippen molar-refractivity contribution >= 4 is 11.0 Å². The molecule has 0 bridgehead atoms. The Morgan fingerprint density at radius 2 is 1.53 bits per heavy atom. The molecule has 3 aromatic rings. The van der Waals surface area contributed by atoms with E-state index in [1.54, 1.807) is 36.4 Å². The molecule has 3 rings (SSSR count). The summed E-state index contributed by atoms with van der Waals surface area (Å²) in [4.78, 5) is 13.3. The summed E-state index contributed by atoms with van der Waals surface area (Å²) >= 11 is 0. The van der Waals surface area contributed by atoms with Crippen molar-refractivity contribution in [3.05, 3.63) is 46.6 Å². The highest BCUT2D eigenvalue weighted by molar-refractivity contribution is 5.83. The fourth-order valence-electron chi connectivity index (χ4n) is 3.14. The number of rotatable bonds is 14. The average molecular weight is 475 g/mol. The zero-order valence-corrected chi connectivity index (χ0v) is 19.9. The van der Waals surface area contributed by atoms with Crippen molar-refractivity contribution in [2.45, 2.75) is 19.8 Å². The normalized spacial score (nSPS) is 10.9. The highest BCUT2D eigenvalue weighted by atomic mass is 16.7. The second-order valence-corrected chi connectivity index (χ2v) is 7.26. The molecule has 0 fully saturated rings. The first-order valence-electron chi connectivity index (χ1n) is 10.9. The van der Waals surface area contributed by atoms with Gasteiger partial charge >= 0.3 is 0 Å². The third kappa shape index (κ3) is 6.19. The van der Waals surface area contributed by atoms with Gasteiger partial charge in [-0.3, -0.25) is 4.79 Å². The van der Waals surface area contributed by atoms with E-state index >= 15 is 0 Å². The van der Waals surface area contributed by atoms with E-state index in [0.717, 1.165) is 12.8 Å². The monoisotopic (exact) mass is 474 g/mol. The quantitative estimate of drug-likeness (QED) is 0.246. The lowest BCUT2D eigenvalue weighted by Gasteiger charge is -2.15. The summed E-state index contributed by atoms with van der Waals surface area (Å²) in [6.45, 7) is 2.61. The Hall–Kier alpha value is -3.27. The summed E-state index contributed by atoms with van der Waals surface area (Å²) < 4.78 is 43.8. The number of hydrogen-bond donors (Lipinski definition) is 0. The predicted molar refractivity (Wildman–Crippen MR) is 126 cm³/mol. The molecule has 0 atom stereocenters. The molecule has 9 heteroatoms. The summed E-state index contributed by atoms with van der Waals surface area (Å²) in [5, 5.41) is 0.343. The first-order chi connectivity index (χ1) is 16.6. The number of hydrogen-bond acceptors (Lipinski definition) is 9. The minimum Gasteiger partial charge on any atom is -0.490 e. The van der Waals surface area contributed by atoms with Gasteiger partial charge in [0.1, 0.15) is 11.3 Å². The van der Waals surface area contributed by atoms with E-state index in [1.165, 1.54) is 21.3 Å². The number of unbranched alkanes of at least 4 members (excludes halogenated alkanes) is 1. The molecular formula is C25H30O9. The van der Waals surface area contributed by atoms with Crippen molar-refractivity contribution in [1.29, 1.82) is 0 Å². The van der Waals surface area contributed by atoms with Crippen LogP contribution in [0.4, 0.5) is 0 Å². The van der Waals surface area contributed by atoms with Crippen LogP contribution >= 0.6 is 0 Å². The molecule has 184 valence electrons. The van der Waals surface area contributed by atoms with Crippen molar-refractivity contribution in [1.82, 2.24) is 0 Å². The SMILES string of the molecule is CCCCOc1ccc(-c2oc3cc(OCOC)ccc3c(=O)c2OCOC)cc1OCOC. The smallest absolute Gasteiger partial charge is 0.235 e. The Morgan fingerprint density at radius 3 is 2.26 bits per heavy atom. The zero-order chi connectivity index (χ0) is 24.3. The molecule has 0 amide bonds. The third-order valence-electron chi connectivity index (χ3n) is 4.78. The van der Waals surface area contributed by atoms with E-state index in [2.05, 4.69) is 6.92 Å². The molecule has 2 aromatic carbocycles. The molecule has 0 saturated carbocycles. The minimum atomic E-state index is -0.339. The number of methoxy groups -OCH3 is 3. The molecular weight excluding hydrogens is 444 g/mol. The molecule has 0 N–H and O–H groups in total. The fourth-order valence-corrected chi connectivity index (χ4v) is 3.14. The van der Waals surface area contributed by atoms with Gasteiger partial charge in [-0.05, 0) is 36.8 Å². The number of ether oxygens (including phenoxy) is 7. The summed E-state index contributed by atoms with van der Waals surface area (Å²) in [7, 11) is 4.53. The van der Waals surface area contributed by atoms with E-state index in [1.807, 2.05) is 0 Å². The lowest BCUT2D eigenvalue weighted by molar-refractivity contribution is 0.0484. The van der Waals surface area contributed by atoms with Gasteiger partial charge < -0.3 is 37.6 Å². The van der Waals surface area contributed by atoms with Crippen LogP contribution in [0.3, 0.4) is 0 Å². The van der Waals surface area contributed by atoms with Gasteiger partial charge in [-0.15, -0.1) is 0 Å². The fraction of sp³-hybridized carbons (Fsp3) is 0.400. The highest BCUT2D eigenvalue weighted by Gasteiger charge is 2.20. The van der Waals surface area contributed by atoms with Crippen molar-refractivity contribution in [3.63, 3.8) is 0 Å². The van der Waals surface area contributed by atoms with Crippen LogP contribution in [-0.4, -0.2) is 48.3 Å². The molecule has 0 spiro atoms. The number of benzene rings is 2. The first kappa shape index (κ1) is 25.4. The lowest BCUT2D eigenvalue weighted by atomic mass is 10.1. The second-order valence-electron chi connectivity index (χ2n) is 7.26. The zero-order valence-electron chi connectivity index (χ0n) is 19.9. The van der Waals surface area contributed by atoms with Crippen LogP contribution in [0.15, 0.2) is 45.6 Å². The van der Waals surface area contributed by atoms with Gasteiger partial charge in [-0.2, -0.15) is 0 Å². The topological polar surface area (TPSA) is 94.8 Å². The Balaban J connectivity index is 2.11. The number of fused-ring (bicyclic) bond motifs is 1. The lowest BCUT2D eigenvalue weighted by Crippen LogP contribution is -2.12. The molecule has 1 heterocycles. The van der Waals surface area contributed by atoms with Gasteiger partial charge in [-0.1, -0.05) is 13.3 Å². The van der Waals surface area contributed by atoms with Crippen molar-refractivity contribution in [3.8, 4) is 34.3 Å². The minimum absolute atomic E-state index is 0.0252. The standard InChI is InChI=1S/C25H30O9/c1-5-6-11-30-20-10-7-17(12-22(20)32-15-28-3)24-25(33-16-29-4)23(26)19-9-8-18(31-14-27-2)13-21(19)34-24/h7-10,12-13H,5-6,11,14-16H2,1-4H3. The largest absolute Gasteiger partial charge is 0.490 e. The summed E-state index contributed by atoms with van der Waals surface area (Å²) in [6, 6.07) is 10.2. The van der Waals surface area contributed by atoms with Gasteiger partial charge in [-0.25, -0.2) is 0 Å². The maximum absolute atomic E-state index is 13.3. The van der Waals surface area contributed by atoms with E-state index in [-0.39, 0.29) is 37.3 Å². The van der Waals surface area contributed by atoms with Crippen LogP contribution < -0.4 is 24.4 Å². The van der Waals surface area contributed by atoms with Gasteiger partial charge in [0, 0.05) is 33.0 Å². The van der Waals surface area contributed by atoms with E-state index in [9.17, 15) is 4.79 Å². The molecule has 9 nitrogen and oxygen atoms in total. The van der Waals surface area contributed by atoms with Crippen LogP contribution in [0.5, 0.6) is 23.0 Å². The van der Waals surface area contributed by atoms with Crippen LogP contribution in [0.1, 0.15) is 19.8 Å². The predicted octanol–water partition coefficient (Wildman–Crippen LogP) is 4.59. The maximum Gasteiger partial charge on any atom is 0.235 e. The van der Waals surface area contributed by atoms with Crippen LogP contribution in [-0.2, 0) is 14.2 Å².